The van der Waals surface area contributed by atoms with Crippen molar-refractivity contribution >= 4 is 24.0 Å². The van der Waals surface area contributed by atoms with E-state index >= 15 is 0 Å². The Morgan fingerprint density at radius 3 is 2.38 bits per heavy atom. The SMILES string of the molecule is O=C(O)c1cccc(-c2ccc(/C=N\N3C(=O)[C@@H]4[C@@H](C3=O)[C@H]3C=C[C@H]4CC3)o2)c1. The molecule has 3 aliphatic carbocycles. The number of rotatable bonds is 4. The minimum Gasteiger partial charge on any atom is -0.478 e. The molecular formula is C22H18N2O5. The molecule has 0 spiro atoms. The van der Waals surface area contributed by atoms with Crippen LogP contribution in [0.1, 0.15) is 29.0 Å². The zero-order chi connectivity index (χ0) is 20.1. The Morgan fingerprint density at radius 1 is 1.07 bits per heavy atom. The van der Waals surface area contributed by atoms with Gasteiger partial charge in [-0.05, 0) is 48.9 Å². The van der Waals surface area contributed by atoms with Crippen molar-refractivity contribution in [2.24, 2.45) is 28.8 Å². The molecule has 0 unspecified atom stereocenters. The molecule has 1 saturated carbocycles. The van der Waals surface area contributed by atoms with E-state index in [9.17, 15) is 14.4 Å². The van der Waals surface area contributed by atoms with Crippen LogP contribution in [0.5, 0.6) is 0 Å². The van der Waals surface area contributed by atoms with E-state index < -0.39 is 5.97 Å². The van der Waals surface area contributed by atoms with Gasteiger partial charge in [-0.1, -0.05) is 24.3 Å². The molecular weight excluding hydrogens is 372 g/mol. The Balaban J connectivity index is 1.37. The summed E-state index contributed by atoms with van der Waals surface area (Å²) in [5, 5.41) is 14.2. The topological polar surface area (TPSA) is 100 Å². The van der Waals surface area contributed by atoms with E-state index in [4.69, 9.17) is 9.52 Å². The lowest BCUT2D eigenvalue weighted by atomic mass is 9.63. The minimum absolute atomic E-state index is 0.123. The van der Waals surface area contributed by atoms with Crippen molar-refractivity contribution in [2.75, 3.05) is 0 Å². The third-order valence-corrected chi connectivity index (χ3v) is 6.06. The average Bonchev–Trinajstić information content (AvgIpc) is 3.32. The lowest BCUT2D eigenvalue weighted by Gasteiger charge is -2.37. The van der Waals surface area contributed by atoms with Gasteiger partial charge < -0.3 is 9.52 Å². The third-order valence-electron chi connectivity index (χ3n) is 6.06. The average molecular weight is 390 g/mol. The van der Waals surface area contributed by atoms with Gasteiger partial charge in [-0.2, -0.15) is 10.1 Å². The lowest BCUT2D eigenvalue weighted by molar-refractivity contribution is -0.140. The maximum atomic E-state index is 12.8. The number of benzene rings is 1. The standard InChI is InChI=1S/C22H18N2O5/c25-20-18-12-4-5-13(7-6-12)19(18)21(26)24(20)23-11-16-8-9-17(29-16)14-2-1-3-15(10-14)22(27)28/h1-5,8-13,18-19H,6-7H2,(H,27,28)/b23-11-/t12-,13-,18-,19-/m0/s1. The molecule has 1 N–H and O–H groups in total. The van der Waals surface area contributed by atoms with E-state index in [1.54, 1.807) is 24.3 Å². The van der Waals surface area contributed by atoms with Crippen LogP contribution in [0.25, 0.3) is 11.3 Å². The summed E-state index contributed by atoms with van der Waals surface area (Å²) in [6.45, 7) is 0. The zero-order valence-electron chi connectivity index (χ0n) is 15.4. The van der Waals surface area contributed by atoms with Crippen LogP contribution in [-0.2, 0) is 9.59 Å². The fraction of sp³-hybridized carbons (Fsp3) is 0.273. The van der Waals surface area contributed by atoms with Crippen LogP contribution in [0, 0.1) is 23.7 Å². The van der Waals surface area contributed by atoms with E-state index in [2.05, 4.69) is 17.3 Å². The number of fused-ring (bicyclic) bond motifs is 1. The number of nitrogens with zero attached hydrogens (tertiary/aromatic N) is 2. The van der Waals surface area contributed by atoms with Gasteiger partial charge in [0.15, 0.2) is 0 Å². The number of allylic oxidation sites excluding steroid dienone is 2. The number of hydrogen-bond donors (Lipinski definition) is 1. The first-order valence-corrected chi connectivity index (χ1v) is 9.56. The molecule has 29 heavy (non-hydrogen) atoms. The van der Waals surface area contributed by atoms with Crippen molar-refractivity contribution in [3.05, 3.63) is 59.9 Å². The van der Waals surface area contributed by atoms with Crippen molar-refractivity contribution in [3.63, 3.8) is 0 Å². The number of carboxylic acids is 1. The number of carboxylic acid groups (broad SMARTS) is 1. The van der Waals surface area contributed by atoms with Gasteiger partial charge in [0.1, 0.15) is 11.5 Å². The monoisotopic (exact) mass is 390 g/mol. The van der Waals surface area contributed by atoms with Crippen LogP contribution in [0.4, 0.5) is 0 Å². The fourth-order valence-electron chi connectivity index (χ4n) is 4.67. The molecule has 146 valence electrons. The highest BCUT2D eigenvalue weighted by atomic mass is 16.4. The second kappa shape index (κ2) is 6.55. The van der Waals surface area contributed by atoms with Crippen LogP contribution in [-0.4, -0.2) is 34.1 Å². The second-order valence-electron chi connectivity index (χ2n) is 7.66. The van der Waals surface area contributed by atoms with Crippen LogP contribution in [0.15, 0.2) is 58.1 Å². The van der Waals surface area contributed by atoms with Crippen LogP contribution in [0.3, 0.4) is 0 Å². The highest BCUT2D eigenvalue weighted by Gasteiger charge is 2.56. The van der Waals surface area contributed by atoms with Gasteiger partial charge in [-0.3, -0.25) is 9.59 Å². The first-order valence-electron chi connectivity index (χ1n) is 9.56. The Bertz CT molecular complexity index is 1050. The maximum absolute atomic E-state index is 12.8. The predicted octanol–water partition coefficient (Wildman–Crippen LogP) is 3.18. The van der Waals surface area contributed by atoms with Crippen molar-refractivity contribution in [2.45, 2.75) is 12.8 Å². The maximum Gasteiger partial charge on any atom is 0.335 e. The Morgan fingerprint density at radius 2 is 1.76 bits per heavy atom. The van der Waals surface area contributed by atoms with Gasteiger partial charge >= 0.3 is 5.97 Å². The molecule has 7 heteroatoms. The quantitative estimate of drug-likeness (QED) is 0.491. The van der Waals surface area contributed by atoms with E-state index in [1.807, 2.05) is 0 Å². The van der Waals surface area contributed by atoms with E-state index in [1.165, 1.54) is 18.3 Å². The van der Waals surface area contributed by atoms with Crippen molar-refractivity contribution in [3.8, 4) is 11.3 Å². The summed E-state index contributed by atoms with van der Waals surface area (Å²) in [7, 11) is 0. The highest BCUT2D eigenvalue weighted by Crippen LogP contribution is 2.49. The molecule has 4 atom stereocenters. The molecule has 2 bridgehead atoms. The van der Waals surface area contributed by atoms with Gasteiger partial charge in [0.2, 0.25) is 0 Å². The molecule has 7 nitrogen and oxygen atoms in total. The fourth-order valence-corrected chi connectivity index (χ4v) is 4.67. The van der Waals surface area contributed by atoms with Crippen LogP contribution < -0.4 is 0 Å². The molecule has 2 aromatic rings. The normalized spacial score (nSPS) is 27.8. The molecule has 1 aromatic heterocycles. The van der Waals surface area contributed by atoms with Crippen molar-refractivity contribution in [1.29, 1.82) is 0 Å². The van der Waals surface area contributed by atoms with Gasteiger partial charge in [0.25, 0.3) is 11.8 Å². The summed E-state index contributed by atoms with van der Waals surface area (Å²) in [6.07, 6.45) is 7.37. The Labute approximate surface area is 166 Å². The summed E-state index contributed by atoms with van der Waals surface area (Å²) in [5.74, 6) is -0.995. The first-order chi connectivity index (χ1) is 14.0. The third kappa shape index (κ3) is 2.81. The van der Waals surface area contributed by atoms with E-state index in [0.29, 0.717) is 17.1 Å². The van der Waals surface area contributed by atoms with Gasteiger partial charge in [0, 0.05) is 5.56 Å². The summed E-state index contributed by atoms with van der Waals surface area (Å²) in [6, 6.07) is 9.76. The van der Waals surface area contributed by atoms with Crippen molar-refractivity contribution in [1.82, 2.24) is 5.01 Å². The molecule has 6 rings (SSSR count). The number of hydrazone groups is 1. The molecule has 1 aromatic carbocycles. The highest BCUT2D eigenvalue weighted by molar-refractivity contribution is 6.06. The summed E-state index contributed by atoms with van der Waals surface area (Å²) in [4.78, 5) is 36.7. The molecule has 0 radical (unpaired) electrons. The number of aromatic carboxylic acids is 1. The molecule has 2 heterocycles. The number of furan rings is 1. The van der Waals surface area contributed by atoms with E-state index in [0.717, 1.165) is 17.9 Å². The van der Waals surface area contributed by atoms with Gasteiger partial charge in [-0.15, -0.1) is 0 Å². The molecule has 2 fully saturated rings. The first kappa shape index (κ1) is 17.6. The predicted molar refractivity (Wildman–Crippen MR) is 103 cm³/mol. The number of carbonyl (C=O) groups is 3. The zero-order valence-corrected chi connectivity index (χ0v) is 15.4. The number of imide groups is 1. The van der Waals surface area contributed by atoms with Gasteiger partial charge in [-0.25, -0.2) is 4.79 Å². The summed E-state index contributed by atoms with van der Waals surface area (Å²) >= 11 is 0. The Kier molecular flexibility index (Phi) is 3.97. The number of amides is 2. The molecule has 1 aliphatic heterocycles. The van der Waals surface area contributed by atoms with Crippen LogP contribution in [0.2, 0.25) is 0 Å². The Hall–Kier alpha value is -3.48. The summed E-state index contributed by atoms with van der Waals surface area (Å²) in [5.41, 5.74) is 0.778. The molecule has 2 amide bonds. The molecule has 4 aliphatic rings. The number of carbonyl (C=O) groups excluding carboxylic acids is 2. The van der Waals surface area contributed by atoms with Crippen LogP contribution >= 0.6 is 0 Å². The number of hydrogen-bond acceptors (Lipinski definition) is 5. The van der Waals surface area contributed by atoms with E-state index in [-0.39, 0.29) is 41.0 Å². The van der Waals surface area contributed by atoms with Crippen molar-refractivity contribution < 1.29 is 23.9 Å². The smallest absolute Gasteiger partial charge is 0.335 e. The van der Waals surface area contributed by atoms with Gasteiger partial charge in [0.05, 0.1) is 23.6 Å². The second-order valence-corrected chi connectivity index (χ2v) is 7.66. The summed E-state index contributed by atoms with van der Waals surface area (Å²) < 4.78 is 5.70. The lowest BCUT2D eigenvalue weighted by Crippen LogP contribution is -2.38. The largest absolute Gasteiger partial charge is 0.478 e. The minimum atomic E-state index is -1.02. The molecule has 1 saturated heterocycles.